The number of pyridine rings is 1. The maximum Gasteiger partial charge on any atom is 0.290 e. The Hall–Kier alpha value is -1.69. The van der Waals surface area contributed by atoms with Gasteiger partial charge in [-0.25, -0.2) is 4.98 Å². The first-order chi connectivity index (χ1) is 9.06. The lowest BCUT2D eigenvalue weighted by Crippen LogP contribution is -2.44. The monoisotopic (exact) mass is 265 g/mol. The molecular formula is C13H19N3O3. The minimum atomic E-state index is -0.436. The second-order valence-corrected chi connectivity index (χ2v) is 5.24. The van der Waals surface area contributed by atoms with Gasteiger partial charge in [-0.05, 0) is 25.8 Å². The van der Waals surface area contributed by atoms with Gasteiger partial charge in [0.2, 0.25) is 0 Å². The van der Waals surface area contributed by atoms with E-state index >= 15 is 0 Å². The second kappa shape index (κ2) is 5.52. The molecule has 1 aromatic heterocycles. The summed E-state index contributed by atoms with van der Waals surface area (Å²) in [6.45, 7) is 1.75. The fourth-order valence-electron chi connectivity index (χ4n) is 2.63. The zero-order chi connectivity index (χ0) is 13.9. The third-order valence-electron chi connectivity index (χ3n) is 3.79. The van der Waals surface area contributed by atoms with Gasteiger partial charge in [0.05, 0.1) is 17.1 Å². The average molecular weight is 265 g/mol. The van der Waals surface area contributed by atoms with Crippen molar-refractivity contribution in [3.8, 4) is 0 Å². The Balaban J connectivity index is 2.18. The van der Waals surface area contributed by atoms with Crippen LogP contribution in [0.15, 0.2) is 12.3 Å². The van der Waals surface area contributed by atoms with Crippen molar-refractivity contribution >= 4 is 11.5 Å². The third-order valence-corrected chi connectivity index (χ3v) is 3.79. The van der Waals surface area contributed by atoms with Gasteiger partial charge in [0, 0.05) is 5.56 Å². The van der Waals surface area contributed by atoms with Crippen LogP contribution in [0.25, 0.3) is 0 Å². The highest BCUT2D eigenvalue weighted by Crippen LogP contribution is 2.31. The normalized spacial score (nSPS) is 18.0. The van der Waals surface area contributed by atoms with Crippen molar-refractivity contribution in [2.75, 3.05) is 11.9 Å². The van der Waals surface area contributed by atoms with Gasteiger partial charge in [-0.1, -0.05) is 19.3 Å². The Morgan fingerprint density at radius 1 is 1.47 bits per heavy atom. The van der Waals surface area contributed by atoms with Crippen molar-refractivity contribution in [2.45, 2.75) is 44.6 Å². The summed E-state index contributed by atoms with van der Waals surface area (Å²) in [5.41, 5.74) is 0.270. The van der Waals surface area contributed by atoms with E-state index in [9.17, 15) is 15.2 Å². The van der Waals surface area contributed by atoms with E-state index in [1.807, 2.05) is 0 Å². The van der Waals surface area contributed by atoms with E-state index in [-0.39, 0.29) is 17.8 Å². The van der Waals surface area contributed by atoms with Gasteiger partial charge >= 0.3 is 0 Å². The molecule has 19 heavy (non-hydrogen) atoms. The molecule has 104 valence electrons. The Kier molecular flexibility index (Phi) is 3.99. The van der Waals surface area contributed by atoms with E-state index in [0.717, 1.165) is 25.7 Å². The van der Waals surface area contributed by atoms with Crippen LogP contribution in [-0.2, 0) is 0 Å². The number of nitro groups is 1. The van der Waals surface area contributed by atoms with E-state index in [0.29, 0.717) is 11.4 Å². The number of aliphatic hydroxyl groups excluding tert-OH is 1. The van der Waals surface area contributed by atoms with E-state index in [2.05, 4.69) is 10.3 Å². The summed E-state index contributed by atoms with van der Waals surface area (Å²) < 4.78 is 0. The molecule has 0 radical (unpaired) electrons. The van der Waals surface area contributed by atoms with Crippen LogP contribution in [0, 0.1) is 17.0 Å². The van der Waals surface area contributed by atoms with Crippen molar-refractivity contribution in [3.63, 3.8) is 0 Å². The fourth-order valence-corrected chi connectivity index (χ4v) is 2.63. The fraction of sp³-hybridized carbons (Fsp3) is 0.615. The second-order valence-electron chi connectivity index (χ2n) is 5.24. The minimum Gasteiger partial charge on any atom is -0.394 e. The predicted octanol–water partition coefficient (Wildman–Crippen LogP) is 2.41. The molecule has 1 heterocycles. The summed E-state index contributed by atoms with van der Waals surface area (Å²) in [5, 5.41) is 23.6. The summed E-state index contributed by atoms with van der Waals surface area (Å²) in [4.78, 5) is 14.4. The van der Waals surface area contributed by atoms with Crippen molar-refractivity contribution < 1.29 is 10.0 Å². The molecule has 2 N–H and O–H groups in total. The first kappa shape index (κ1) is 13.7. The third kappa shape index (κ3) is 3.01. The molecule has 6 heteroatoms. The van der Waals surface area contributed by atoms with Crippen LogP contribution in [0.1, 0.15) is 37.7 Å². The van der Waals surface area contributed by atoms with Gasteiger partial charge < -0.3 is 10.4 Å². The highest BCUT2D eigenvalue weighted by Gasteiger charge is 2.31. The van der Waals surface area contributed by atoms with Crippen LogP contribution in [0.3, 0.4) is 0 Å². The summed E-state index contributed by atoms with van der Waals surface area (Å²) in [6.07, 6.45) is 6.43. The molecule has 1 fully saturated rings. The summed E-state index contributed by atoms with van der Waals surface area (Å²) >= 11 is 0. The number of hydrogen-bond acceptors (Lipinski definition) is 5. The molecule has 2 rings (SSSR count). The lowest BCUT2D eigenvalue weighted by Gasteiger charge is -2.37. The topological polar surface area (TPSA) is 88.3 Å². The maximum absolute atomic E-state index is 10.7. The van der Waals surface area contributed by atoms with Crippen molar-refractivity contribution in [1.29, 1.82) is 0 Å². The SMILES string of the molecule is Cc1cc(NC2(CO)CCCCC2)ncc1[N+](=O)[O-]. The number of nitrogens with zero attached hydrogens (tertiary/aromatic N) is 2. The molecule has 0 unspecified atom stereocenters. The number of aliphatic hydroxyl groups is 1. The highest BCUT2D eigenvalue weighted by molar-refractivity contribution is 5.48. The predicted molar refractivity (Wildman–Crippen MR) is 72.2 cm³/mol. The van der Waals surface area contributed by atoms with Gasteiger partial charge in [0.15, 0.2) is 0 Å². The Morgan fingerprint density at radius 2 is 2.16 bits per heavy atom. The van der Waals surface area contributed by atoms with Crippen LogP contribution in [0.4, 0.5) is 11.5 Å². The number of aryl methyl sites for hydroxylation is 1. The van der Waals surface area contributed by atoms with Crippen LogP contribution in [0.5, 0.6) is 0 Å². The van der Waals surface area contributed by atoms with Crippen LogP contribution in [0.2, 0.25) is 0 Å². The summed E-state index contributed by atoms with van der Waals surface area (Å²) in [6, 6.07) is 1.67. The zero-order valence-electron chi connectivity index (χ0n) is 11.1. The lowest BCUT2D eigenvalue weighted by molar-refractivity contribution is -0.385. The van der Waals surface area contributed by atoms with Crippen LogP contribution < -0.4 is 5.32 Å². The largest absolute Gasteiger partial charge is 0.394 e. The summed E-state index contributed by atoms with van der Waals surface area (Å²) in [5.74, 6) is 0.596. The molecule has 1 saturated carbocycles. The number of anilines is 1. The van der Waals surface area contributed by atoms with E-state index in [4.69, 9.17) is 0 Å². The van der Waals surface area contributed by atoms with E-state index in [1.54, 1.807) is 13.0 Å². The molecule has 0 amide bonds. The van der Waals surface area contributed by atoms with E-state index < -0.39 is 4.92 Å². The number of nitrogens with one attached hydrogen (secondary N) is 1. The van der Waals surface area contributed by atoms with Crippen molar-refractivity contribution in [2.24, 2.45) is 0 Å². The number of rotatable bonds is 4. The molecular weight excluding hydrogens is 246 g/mol. The molecule has 0 aromatic carbocycles. The first-order valence-corrected chi connectivity index (χ1v) is 6.56. The van der Waals surface area contributed by atoms with Crippen LogP contribution in [-0.4, -0.2) is 27.2 Å². The van der Waals surface area contributed by atoms with E-state index in [1.165, 1.54) is 12.6 Å². The maximum atomic E-state index is 10.7. The van der Waals surface area contributed by atoms with Gasteiger partial charge in [-0.2, -0.15) is 0 Å². The number of aromatic nitrogens is 1. The molecule has 0 aliphatic heterocycles. The molecule has 1 aliphatic rings. The summed E-state index contributed by atoms with van der Waals surface area (Å²) in [7, 11) is 0. The van der Waals surface area contributed by atoms with Crippen LogP contribution >= 0.6 is 0 Å². The highest BCUT2D eigenvalue weighted by atomic mass is 16.6. The molecule has 0 saturated heterocycles. The lowest BCUT2D eigenvalue weighted by atomic mass is 9.82. The molecule has 0 spiro atoms. The first-order valence-electron chi connectivity index (χ1n) is 6.56. The van der Waals surface area contributed by atoms with Gasteiger partial charge in [0.1, 0.15) is 12.0 Å². The Morgan fingerprint density at radius 3 is 2.68 bits per heavy atom. The van der Waals surface area contributed by atoms with Crippen molar-refractivity contribution in [3.05, 3.63) is 27.9 Å². The Labute approximate surface area is 112 Å². The Bertz CT molecular complexity index is 470. The molecule has 1 aromatic rings. The smallest absolute Gasteiger partial charge is 0.290 e. The zero-order valence-corrected chi connectivity index (χ0v) is 11.1. The molecule has 1 aliphatic carbocycles. The van der Waals surface area contributed by atoms with Gasteiger partial charge in [0.25, 0.3) is 5.69 Å². The minimum absolute atomic E-state index is 0.0206. The number of hydrogen-bond donors (Lipinski definition) is 2. The molecule has 0 atom stereocenters. The quantitative estimate of drug-likeness (QED) is 0.644. The van der Waals surface area contributed by atoms with Crippen molar-refractivity contribution in [1.82, 2.24) is 4.98 Å². The molecule has 0 bridgehead atoms. The molecule has 6 nitrogen and oxygen atoms in total. The van der Waals surface area contributed by atoms with Gasteiger partial charge in [-0.15, -0.1) is 0 Å². The standard InChI is InChI=1S/C13H19N3O3/c1-10-7-12(14-8-11(10)16(18)19)15-13(9-17)5-3-2-4-6-13/h7-8,17H,2-6,9H2,1H3,(H,14,15). The average Bonchev–Trinajstić information content (AvgIpc) is 2.39. The van der Waals surface area contributed by atoms with Gasteiger partial charge in [-0.3, -0.25) is 10.1 Å².